The Morgan fingerprint density at radius 2 is 2.05 bits per heavy atom. The van der Waals surface area contributed by atoms with Gasteiger partial charge in [-0.1, -0.05) is 0 Å². The first kappa shape index (κ1) is 14.2. The second-order valence-corrected chi connectivity index (χ2v) is 4.35. The molecule has 2 aromatic rings. The molecule has 6 heteroatoms. The Kier molecular flexibility index (Phi) is 4.84. The average molecular weight is 291 g/mol. The number of nitrogens with zero attached hydrogens (tertiary/aromatic N) is 1. The summed E-state index contributed by atoms with van der Waals surface area (Å²) in [7, 11) is 0. The normalized spacial score (nSPS) is 10.7. The van der Waals surface area contributed by atoms with Crippen molar-refractivity contribution in [2.75, 3.05) is 6.54 Å². The molecule has 0 radical (unpaired) electrons. The van der Waals surface area contributed by atoms with E-state index >= 15 is 0 Å². The lowest BCUT2D eigenvalue weighted by Crippen LogP contribution is -2.31. The van der Waals surface area contributed by atoms with Gasteiger partial charge in [-0.15, -0.1) is 0 Å². The molecular formula is C14H14FN3OS. The Morgan fingerprint density at radius 3 is 2.75 bits per heavy atom. The van der Waals surface area contributed by atoms with Crippen molar-refractivity contribution in [3.8, 4) is 11.3 Å². The maximum absolute atomic E-state index is 12.8. The van der Waals surface area contributed by atoms with E-state index in [1.807, 2.05) is 6.92 Å². The minimum Gasteiger partial charge on any atom is -0.455 e. The minimum atomic E-state index is -0.275. The molecule has 0 saturated heterocycles. The highest BCUT2D eigenvalue weighted by Crippen LogP contribution is 2.21. The Hall–Kier alpha value is -2.21. The summed E-state index contributed by atoms with van der Waals surface area (Å²) in [6.07, 6.45) is 1.52. The number of thiocarbonyl (C=S) groups is 1. The highest BCUT2D eigenvalue weighted by atomic mass is 32.1. The van der Waals surface area contributed by atoms with Gasteiger partial charge in [0.15, 0.2) is 5.11 Å². The van der Waals surface area contributed by atoms with Gasteiger partial charge in [-0.25, -0.2) is 4.39 Å². The van der Waals surface area contributed by atoms with Crippen molar-refractivity contribution in [2.45, 2.75) is 6.92 Å². The molecule has 0 aliphatic rings. The van der Waals surface area contributed by atoms with Crippen LogP contribution in [0, 0.1) is 5.82 Å². The summed E-state index contributed by atoms with van der Waals surface area (Å²) in [5.41, 5.74) is 3.48. The lowest BCUT2D eigenvalue weighted by Gasteiger charge is -2.01. The molecular weight excluding hydrogens is 277 g/mol. The van der Waals surface area contributed by atoms with Crippen LogP contribution in [0.15, 0.2) is 45.9 Å². The highest BCUT2D eigenvalue weighted by molar-refractivity contribution is 7.80. The topological polar surface area (TPSA) is 49.6 Å². The van der Waals surface area contributed by atoms with Gasteiger partial charge in [0.05, 0.1) is 6.21 Å². The van der Waals surface area contributed by atoms with Gasteiger partial charge in [0.2, 0.25) is 0 Å². The van der Waals surface area contributed by atoms with Crippen molar-refractivity contribution < 1.29 is 8.81 Å². The number of furan rings is 1. The summed E-state index contributed by atoms with van der Waals surface area (Å²) in [5, 5.41) is 7.31. The average Bonchev–Trinajstić information content (AvgIpc) is 2.89. The van der Waals surface area contributed by atoms with Crippen LogP contribution in [0.1, 0.15) is 12.7 Å². The molecule has 0 atom stereocenters. The van der Waals surface area contributed by atoms with Gasteiger partial charge in [0, 0.05) is 12.1 Å². The van der Waals surface area contributed by atoms with Crippen LogP contribution in [0.3, 0.4) is 0 Å². The zero-order chi connectivity index (χ0) is 14.4. The first-order valence-electron chi connectivity index (χ1n) is 6.11. The monoisotopic (exact) mass is 291 g/mol. The largest absolute Gasteiger partial charge is 0.455 e. The summed E-state index contributed by atoms with van der Waals surface area (Å²) < 4.78 is 18.4. The second-order valence-electron chi connectivity index (χ2n) is 3.94. The molecule has 0 bridgehead atoms. The second kappa shape index (κ2) is 6.81. The van der Waals surface area contributed by atoms with Crippen LogP contribution in [0.2, 0.25) is 0 Å². The number of hydrogen-bond acceptors (Lipinski definition) is 3. The van der Waals surface area contributed by atoms with Crippen molar-refractivity contribution in [2.24, 2.45) is 5.10 Å². The molecule has 2 rings (SSSR count). The van der Waals surface area contributed by atoms with E-state index in [4.69, 9.17) is 16.6 Å². The van der Waals surface area contributed by atoms with Crippen LogP contribution >= 0.6 is 12.2 Å². The Morgan fingerprint density at radius 1 is 1.30 bits per heavy atom. The van der Waals surface area contributed by atoms with Gasteiger partial charge in [-0.3, -0.25) is 5.43 Å². The molecule has 20 heavy (non-hydrogen) atoms. The Labute approximate surface area is 121 Å². The van der Waals surface area contributed by atoms with Gasteiger partial charge in [-0.05, 0) is 55.5 Å². The van der Waals surface area contributed by atoms with Crippen molar-refractivity contribution in [1.82, 2.24) is 10.7 Å². The fourth-order valence-electron chi connectivity index (χ4n) is 1.55. The fourth-order valence-corrected chi connectivity index (χ4v) is 1.74. The molecule has 0 spiro atoms. The molecule has 4 nitrogen and oxygen atoms in total. The number of hydrazone groups is 1. The van der Waals surface area contributed by atoms with Crippen LogP contribution in [0.4, 0.5) is 4.39 Å². The molecule has 0 unspecified atom stereocenters. The van der Waals surface area contributed by atoms with Crippen LogP contribution < -0.4 is 10.7 Å². The third-order valence-corrected chi connectivity index (χ3v) is 2.69. The van der Waals surface area contributed by atoms with E-state index in [9.17, 15) is 4.39 Å². The van der Waals surface area contributed by atoms with Gasteiger partial charge < -0.3 is 9.73 Å². The summed E-state index contributed by atoms with van der Waals surface area (Å²) in [5.74, 6) is 0.958. The SMILES string of the molecule is CCNC(=S)N/N=C/c1ccc(-c2ccc(F)cc2)o1. The van der Waals surface area contributed by atoms with E-state index in [0.29, 0.717) is 16.6 Å². The first-order valence-corrected chi connectivity index (χ1v) is 6.52. The van der Waals surface area contributed by atoms with E-state index in [1.165, 1.54) is 18.3 Å². The molecule has 0 saturated carbocycles. The van der Waals surface area contributed by atoms with Crippen LogP contribution in [0.25, 0.3) is 11.3 Å². The Bertz CT molecular complexity index is 607. The number of hydrogen-bond donors (Lipinski definition) is 2. The maximum Gasteiger partial charge on any atom is 0.186 e. The Balaban J connectivity index is 2.00. The summed E-state index contributed by atoms with van der Waals surface area (Å²) in [4.78, 5) is 0. The van der Waals surface area contributed by atoms with Gasteiger partial charge in [-0.2, -0.15) is 5.10 Å². The molecule has 1 aromatic heterocycles. The predicted octanol–water partition coefficient (Wildman–Crippen LogP) is 2.90. The number of benzene rings is 1. The third kappa shape index (κ3) is 3.89. The highest BCUT2D eigenvalue weighted by Gasteiger charge is 2.03. The molecule has 0 fully saturated rings. The van der Waals surface area contributed by atoms with Gasteiger partial charge in [0.1, 0.15) is 17.3 Å². The smallest absolute Gasteiger partial charge is 0.186 e. The van der Waals surface area contributed by atoms with Crippen molar-refractivity contribution in [3.63, 3.8) is 0 Å². The molecule has 0 aliphatic carbocycles. The van der Waals surface area contributed by atoms with Crippen molar-refractivity contribution in [3.05, 3.63) is 48.0 Å². The van der Waals surface area contributed by atoms with Crippen LogP contribution in [-0.2, 0) is 0 Å². The molecule has 0 aliphatic heterocycles. The predicted molar refractivity (Wildman–Crippen MR) is 81.1 cm³/mol. The van der Waals surface area contributed by atoms with Gasteiger partial charge >= 0.3 is 0 Å². The summed E-state index contributed by atoms with van der Waals surface area (Å²) in [6.45, 7) is 2.68. The number of halogens is 1. The number of rotatable bonds is 4. The van der Waals surface area contributed by atoms with Gasteiger partial charge in [0.25, 0.3) is 0 Å². The number of nitrogens with one attached hydrogen (secondary N) is 2. The lowest BCUT2D eigenvalue weighted by atomic mass is 10.2. The molecule has 0 amide bonds. The van der Waals surface area contributed by atoms with E-state index in [2.05, 4.69) is 15.8 Å². The molecule has 1 aromatic carbocycles. The third-order valence-electron chi connectivity index (χ3n) is 2.45. The van der Waals surface area contributed by atoms with E-state index in [-0.39, 0.29) is 5.82 Å². The maximum atomic E-state index is 12.8. The lowest BCUT2D eigenvalue weighted by molar-refractivity contribution is 0.574. The zero-order valence-corrected chi connectivity index (χ0v) is 11.7. The van der Waals surface area contributed by atoms with E-state index in [1.54, 1.807) is 24.3 Å². The summed E-state index contributed by atoms with van der Waals surface area (Å²) in [6, 6.07) is 9.68. The minimum absolute atomic E-state index is 0.275. The molecule has 2 N–H and O–H groups in total. The fraction of sp³-hybridized carbons (Fsp3) is 0.143. The van der Waals surface area contributed by atoms with E-state index < -0.39 is 0 Å². The van der Waals surface area contributed by atoms with E-state index in [0.717, 1.165) is 12.1 Å². The standard InChI is InChI=1S/C14H14FN3OS/c1-2-16-14(20)18-17-9-12-7-8-13(19-12)10-3-5-11(15)6-4-10/h3-9H,2H2,1H3,(H2,16,18,20)/b17-9+. The van der Waals surface area contributed by atoms with Crippen molar-refractivity contribution >= 4 is 23.5 Å². The quantitative estimate of drug-likeness (QED) is 0.516. The summed E-state index contributed by atoms with van der Waals surface area (Å²) >= 11 is 4.96. The first-order chi connectivity index (χ1) is 9.69. The van der Waals surface area contributed by atoms with Crippen LogP contribution in [-0.4, -0.2) is 17.9 Å². The molecule has 104 valence electrons. The zero-order valence-electron chi connectivity index (χ0n) is 10.9. The van der Waals surface area contributed by atoms with Crippen LogP contribution in [0.5, 0.6) is 0 Å². The van der Waals surface area contributed by atoms with Crippen molar-refractivity contribution in [1.29, 1.82) is 0 Å². The molecule has 1 heterocycles.